The van der Waals surface area contributed by atoms with Gasteiger partial charge in [-0.2, -0.15) is 0 Å². The van der Waals surface area contributed by atoms with E-state index >= 15 is 0 Å². The summed E-state index contributed by atoms with van der Waals surface area (Å²) in [4.78, 5) is 39.9. The van der Waals surface area contributed by atoms with Gasteiger partial charge in [-0.25, -0.2) is 14.4 Å². The fourth-order valence-corrected chi connectivity index (χ4v) is 1.06. The average Bonchev–Trinajstić information content (AvgIpc) is 2.77. The molecular formula is C22H38N2O8. The molecule has 0 aliphatic heterocycles. The number of nitrogens with one attached hydrogen (secondary N) is 1. The van der Waals surface area contributed by atoms with Gasteiger partial charge in [-0.3, -0.25) is 4.79 Å². The highest BCUT2D eigenvalue weighted by Crippen LogP contribution is 1.90. The van der Waals surface area contributed by atoms with Crippen molar-refractivity contribution in [3.05, 3.63) is 50.1 Å². The number of nitrogens with two attached hydrogens (primary N) is 1. The molecule has 10 nitrogen and oxygen atoms in total. The molecule has 5 N–H and O–H groups in total. The first-order chi connectivity index (χ1) is 15.0. The van der Waals surface area contributed by atoms with E-state index in [-0.39, 0.29) is 19.2 Å². The Labute approximate surface area is 190 Å². The lowest BCUT2D eigenvalue weighted by Crippen LogP contribution is -2.22. The monoisotopic (exact) mass is 458 g/mol. The zero-order valence-corrected chi connectivity index (χ0v) is 19.1. The molecule has 0 aliphatic carbocycles. The molecule has 184 valence electrons. The predicted octanol–water partition coefficient (Wildman–Crippen LogP) is 1.51. The molecule has 0 aromatic rings. The third-order valence-electron chi connectivity index (χ3n) is 2.66. The third kappa shape index (κ3) is 45.5. The number of amides is 1. The number of ether oxygens (including phenoxy) is 2. The van der Waals surface area contributed by atoms with E-state index in [9.17, 15) is 19.2 Å². The van der Waals surface area contributed by atoms with Crippen molar-refractivity contribution in [2.45, 2.75) is 33.1 Å². The Morgan fingerprint density at radius 2 is 1.50 bits per heavy atom. The van der Waals surface area contributed by atoms with Crippen LogP contribution in [-0.4, -0.2) is 66.9 Å². The van der Waals surface area contributed by atoms with Gasteiger partial charge >= 0.3 is 17.9 Å². The molecule has 10 heteroatoms. The average molecular weight is 459 g/mol. The molecule has 0 spiro atoms. The van der Waals surface area contributed by atoms with Crippen molar-refractivity contribution in [1.82, 2.24) is 5.32 Å². The summed E-state index contributed by atoms with van der Waals surface area (Å²) in [6.07, 6.45) is 5.81. The summed E-state index contributed by atoms with van der Waals surface area (Å²) < 4.78 is 9.40. The molecule has 0 fully saturated rings. The predicted molar refractivity (Wildman–Crippen MR) is 124 cm³/mol. The van der Waals surface area contributed by atoms with Crippen LogP contribution in [0, 0.1) is 0 Å². The van der Waals surface area contributed by atoms with Gasteiger partial charge in [0.05, 0.1) is 6.61 Å². The molecular weight excluding hydrogens is 420 g/mol. The maximum absolute atomic E-state index is 10.9. The number of carboxylic acids is 1. The lowest BCUT2D eigenvalue weighted by Gasteiger charge is -2.05. The van der Waals surface area contributed by atoms with Crippen LogP contribution in [0.1, 0.15) is 33.1 Å². The second-order valence-corrected chi connectivity index (χ2v) is 5.62. The molecule has 1 amide bonds. The summed E-state index contributed by atoms with van der Waals surface area (Å²) in [7, 11) is 0. The molecule has 0 saturated heterocycles. The summed E-state index contributed by atoms with van der Waals surface area (Å²) in [5.41, 5.74) is 4.99. The summed E-state index contributed by atoms with van der Waals surface area (Å²) in [5, 5.41) is 19.0. The molecule has 0 bridgehead atoms. The van der Waals surface area contributed by atoms with Crippen molar-refractivity contribution < 1.29 is 38.9 Å². The van der Waals surface area contributed by atoms with Gasteiger partial charge in [0.25, 0.3) is 0 Å². The normalized spacial score (nSPS) is 8.34. The highest BCUT2D eigenvalue weighted by molar-refractivity contribution is 5.87. The smallest absolute Gasteiger partial charge is 0.333 e. The molecule has 0 aromatic heterocycles. The summed E-state index contributed by atoms with van der Waals surface area (Å²) >= 11 is 0. The van der Waals surface area contributed by atoms with Crippen LogP contribution < -0.4 is 11.1 Å². The molecule has 0 heterocycles. The molecule has 0 rings (SSSR count). The Bertz CT molecular complexity index is 556. The maximum atomic E-state index is 10.9. The van der Waals surface area contributed by atoms with E-state index in [1.807, 2.05) is 0 Å². The van der Waals surface area contributed by atoms with Gasteiger partial charge < -0.3 is 30.7 Å². The van der Waals surface area contributed by atoms with Crippen LogP contribution in [0.5, 0.6) is 0 Å². The lowest BCUT2D eigenvalue weighted by molar-refractivity contribution is -0.139. The summed E-state index contributed by atoms with van der Waals surface area (Å²) in [5.74, 6) is -2.21. The van der Waals surface area contributed by atoms with E-state index in [1.54, 1.807) is 6.92 Å². The Morgan fingerprint density at radius 1 is 0.969 bits per heavy atom. The highest BCUT2D eigenvalue weighted by atomic mass is 16.5. The minimum Gasteiger partial charge on any atom is -0.478 e. The number of carbonyl (C=O) groups is 4. The van der Waals surface area contributed by atoms with Crippen molar-refractivity contribution in [3.8, 4) is 0 Å². The second-order valence-electron chi connectivity index (χ2n) is 5.62. The van der Waals surface area contributed by atoms with Crippen LogP contribution in [-0.2, 0) is 28.7 Å². The third-order valence-corrected chi connectivity index (χ3v) is 2.66. The van der Waals surface area contributed by atoms with Crippen LogP contribution in [0.3, 0.4) is 0 Å². The number of rotatable bonds is 13. The van der Waals surface area contributed by atoms with E-state index in [4.69, 9.17) is 14.9 Å². The number of primary amides is 1. The highest BCUT2D eigenvalue weighted by Gasteiger charge is 2.00. The molecule has 0 unspecified atom stereocenters. The van der Waals surface area contributed by atoms with Crippen molar-refractivity contribution in [1.29, 1.82) is 0 Å². The first-order valence-electron chi connectivity index (χ1n) is 9.74. The Hall–Kier alpha value is -3.24. The molecule has 0 radical (unpaired) electrons. The number of aliphatic hydroxyl groups excluding tert-OH is 1. The SMILES string of the molecule is C=C(C)C(=O)OCCNCCCC.C=CC(=O)O.C=CC(=O)OCCCO.C=CC(N)=O. The molecule has 32 heavy (non-hydrogen) atoms. The van der Waals surface area contributed by atoms with Crippen molar-refractivity contribution in [3.63, 3.8) is 0 Å². The topological polar surface area (TPSA) is 165 Å². The number of esters is 2. The fourth-order valence-electron chi connectivity index (χ4n) is 1.06. The van der Waals surface area contributed by atoms with Gasteiger partial charge in [0.15, 0.2) is 0 Å². The van der Waals surface area contributed by atoms with E-state index in [0.29, 0.717) is 18.6 Å². The number of carboxylic acid groups (broad SMARTS) is 1. The maximum Gasteiger partial charge on any atom is 0.333 e. The number of hydrogen-bond donors (Lipinski definition) is 4. The van der Waals surface area contributed by atoms with Crippen LogP contribution in [0.4, 0.5) is 0 Å². The molecule has 0 saturated carbocycles. The van der Waals surface area contributed by atoms with Crippen molar-refractivity contribution >= 4 is 23.8 Å². The lowest BCUT2D eigenvalue weighted by atomic mass is 10.3. The zero-order chi connectivity index (χ0) is 25.8. The summed E-state index contributed by atoms with van der Waals surface area (Å²) in [6.45, 7) is 19.0. The standard InChI is InChI=1S/C10H19NO2.C6H10O3.C3H5NO.C3H4O2/c1-4-5-6-11-7-8-13-10(12)9(2)3;1-2-6(8)9-5-3-4-7;2*1-2-3(4)5/h11H,2,4-8H2,1,3H3;2,7H,1,3-5H2;2H,1H2,(H2,4,5);2H,1H2,(H,4,5). The quantitative estimate of drug-likeness (QED) is 0.182. The van der Waals surface area contributed by atoms with Crippen LogP contribution in [0.15, 0.2) is 50.1 Å². The largest absolute Gasteiger partial charge is 0.478 e. The Morgan fingerprint density at radius 3 is 1.84 bits per heavy atom. The van der Waals surface area contributed by atoms with E-state index < -0.39 is 17.8 Å². The van der Waals surface area contributed by atoms with E-state index in [0.717, 1.165) is 37.7 Å². The van der Waals surface area contributed by atoms with Crippen LogP contribution in [0.25, 0.3) is 0 Å². The van der Waals surface area contributed by atoms with Crippen LogP contribution >= 0.6 is 0 Å². The van der Waals surface area contributed by atoms with Gasteiger partial charge in [0.2, 0.25) is 5.91 Å². The Balaban J connectivity index is -0.000000179. The van der Waals surface area contributed by atoms with Crippen molar-refractivity contribution in [2.24, 2.45) is 5.73 Å². The first kappa shape index (κ1) is 36.2. The molecule has 0 atom stereocenters. The van der Waals surface area contributed by atoms with Gasteiger partial charge in [-0.15, -0.1) is 0 Å². The van der Waals surface area contributed by atoms with Gasteiger partial charge in [-0.05, 0) is 26.0 Å². The number of unbranched alkanes of at least 4 members (excludes halogenated alkanes) is 1. The van der Waals surface area contributed by atoms with Gasteiger partial charge in [0, 0.05) is 37.3 Å². The van der Waals surface area contributed by atoms with Gasteiger partial charge in [-0.1, -0.05) is 39.7 Å². The molecule has 0 aromatic carbocycles. The zero-order valence-electron chi connectivity index (χ0n) is 19.1. The fraction of sp³-hybridized carbons (Fsp3) is 0.455. The number of aliphatic hydroxyl groups is 1. The number of carbonyl (C=O) groups excluding carboxylic acids is 3. The number of hydrogen-bond acceptors (Lipinski definition) is 8. The minimum absolute atomic E-state index is 0.0461. The van der Waals surface area contributed by atoms with Crippen molar-refractivity contribution in [2.75, 3.05) is 32.9 Å². The second kappa shape index (κ2) is 30.0. The summed E-state index contributed by atoms with van der Waals surface area (Å²) in [6, 6.07) is 0. The Kier molecular flexibility index (Phi) is 33.8. The van der Waals surface area contributed by atoms with E-state index in [1.165, 1.54) is 6.42 Å². The minimum atomic E-state index is -0.981. The number of aliphatic carboxylic acids is 1. The van der Waals surface area contributed by atoms with Gasteiger partial charge in [0.1, 0.15) is 6.61 Å². The van der Waals surface area contributed by atoms with E-state index in [2.05, 4.69) is 49.0 Å². The van der Waals surface area contributed by atoms with Crippen LogP contribution in [0.2, 0.25) is 0 Å². The first-order valence-corrected chi connectivity index (χ1v) is 9.74. The molecule has 0 aliphatic rings.